The predicted molar refractivity (Wildman–Crippen MR) is 212 cm³/mol. The molecule has 57 heavy (non-hydrogen) atoms. The standard InChI is InChI=1S/C43H52N8O6/c1-20(2)35(48-42(54)56-5)40(52)50-31-16-25(31)18-33(50)38-44-28-13-11-23(15-30(28)46-38)22-10-12-27-24(14-22)8-7-9-29-37(27)47-39(45-29)34-19-26-17-32(26)51(34)41(53)36(21(3)4)49-43(55)57-6/h10-15,20-21,25-26,31-36H,7-9,16-19H2,1-6H3,(H,44,46)(H,45,47)(H,48,54)(H,49,55)/t25-,26-,31-,32-,33+,34+,35-,36-/m1/s1. The molecule has 2 aromatic heterocycles. The van der Waals surface area contributed by atoms with E-state index in [0.29, 0.717) is 11.8 Å². The van der Waals surface area contributed by atoms with E-state index in [1.807, 2.05) is 43.6 Å². The van der Waals surface area contributed by atoms with Gasteiger partial charge in [-0.05, 0) is 97.4 Å². The molecule has 4 amide bonds. The van der Waals surface area contributed by atoms with E-state index >= 15 is 0 Å². The number of ether oxygens (including phenoxy) is 2. The van der Waals surface area contributed by atoms with Crippen LogP contribution in [-0.4, -0.2) is 92.1 Å². The monoisotopic (exact) mass is 776 g/mol. The second kappa shape index (κ2) is 14.2. The Kier molecular flexibility index (Phi) is 9.27. The smallest absolute Gasteiger partial charge is 0.407 e. The molecule has 14 heteroatoms. The number of likely N-dealkylation sites (tertiary alicyclic amines) is 2. The number of piperidine rings is 2. The predicted octanol–water partition coefficient (Wildman–Crippen LogP) is 6.19. The van der Waals surface area contributed by atoms with Crippen LogP contribution in [0.5, 0.6) is 0 Å². The maximum Gasteiger partial charge on any atom is 0.407 e. The number of hydrogen-bond donors (Lipinski definition) is 4. The van der Waals surface area contributed by atoms with Gasteiger partial charge in [0.25, 0.3) is 0 Å². The lowest BCUT2D eigenvalue weighted by Gasteiger charge is -2.32. The number of fused-ring (bicyclic) bond motifs is 6. The number of methoxy groups -OCH3 is 2. The third-order valence-corrected chi connectivity index (χ3v) is 13.0. The van der Waals surface area contributed by atoms with E-state index < -0.39 is 24.3 Å². The quantitative estimate of drug-likeness (QED) is 0.156. The van der Waals surface area contributed by atoms with E-state index in [9.17, 15) is 19.2 Å². The molecule has 2 saturated heterocycles. The molecule has 4 N–H and O–H groups in total. The van der Waals surface area contributed by atoms with E-state index in [1.54, 1.807) is 0 Å². The molecule has 3 aliphatic carbocycles. The van der Waals surface area contributed by atoms with Gasteiger partial charge in [-0.3, -0.25) is 9.59 Å². The highest BCUT2D eigenvalue weighted by atomic mass is 16.5. The second-order valence-corrected chi connectivity index (χ2v) is 17.4. The fourth-order valence-electron chi connectivity index (χ4n) is 9.78. The van der Waals surface area contributed by atoms with Crippen LogP contribution < -0.4 is 10.6 Å². The molecule has 300 valence electrons. The highest BCUT2D eigenvalue weighted by Crippen LogP contribution is 2.55. The zero-order valence-electron chi connectivity index (χ0n) is 33.4. The molecule has 0 spiro atoms. The molecule has 0 unspecified atom stereocenters. The first-order chi connectivity index (χ1) is 27.4. The first kappa shape index (κ1) is 37.2. The number of aryl methyl sites for hydroxylation is 2. The average Bonchev–Trinajstić information content (AvgIpc) is 3.91. The number of H-pyrrole nitrogens is 2. The number of nitrogens with one attached hydrogen (secondary N) is 4. The Labute approximate surface area is 331 Å². The van der Waals surface area contributed by atoms with Gasteiger partial charge in [0.05, 0.1) is 43.0 Å². The molecule has 5 aliphatic rings. The number of rotatable bonds is 9. The van der Waals surface area contributed by atoms with Gasteiger partial charge in [0.15, 0.2) is 0 Å². The third-order valence-electron chi connectivity index (χ3n) is 13.0. The largest absolute Gasteiger partial charge is 0.453 e. The van der Waals surface area contributed by atoms with Crippen LogP contribution in [0.15, 0.2) is 36.4 Å². The molecule has 14 nitrogen and oxygen atoms in total. The summed E-state index contributed by atoms with van der Waals surface area (Å²) < 4.78 is 9.66. The van der Waals surface area contributed by atoms with Crippen LogP contribution in [-0.2, 0) is 31.9 Å². The van der Waals surface area contributed by atoms with Crippen molar-refractivity contribution in [2.45, 2.75) is 109 Å². The number of aromatic nitrogens is 4. The van der Waals surface area contributed by atoms with Crippen molar-refractivity contribution in [2.75, 3.05) is 14.2 Å². The molecule has 4 fully saturated rings. The maximum atomic E-state index is 14.0. The Morgan fingerprint density at radius 3 is 1.86 bits per heavy atom. The van der Waals surface area contributed by atoms with Gasteiger partial charge in [0.2, 0.25) is 11.8 Å². The number of carbonyl (C=O) groups excluding carboxylic acids is 4. The van der Waals surface area contributed by atoms with Crippen molar-refractivity contribution in [3.8, 4) is 22.4 Å². The highest BCUT2D eigenvalue weighted by Gasteiger charge is 2.57. The summed E-state index contributed by atoms with van der Waals surface area (Å²) >= 11 is 0. The Hall–Kier alpha value is -5.40. The van der Waals surface area contributed by atoms with Crippen LogP contribution >= 0.6 is 0 Å². The Balaban J connectivity index is 0.962. The summed E-state index contributed by atoms with van der Waals surface area (Å²) in [7, 11) is 2.62. The fourth-order valence-corrected chi connectivity index (χ4v) is 9.78. The van der Waals surface area contributed by atoms with Crippen LogP contribution in [0.4, 0.5) is 9.59 Å². The van der Waals surface area contributed by atoms with E-state index in [0.717, 1.165) is 95.7 Å². The maximum absolute atomic E-state index is 14.0. The van der Waals surface area contributed by atoms with Gasteiger partial charge in [-0.2, -0.15) is 0 Å². The lowest BCUT2D eigenvalue weighted by Crippen LogP contribution is -2.52. The summed E-state index contributed by atoms with van der Waals surface area (Å²) in [6, 6.07) is 11.5. The van der Waals surface area contributed by atoms with Crippen LogP contribution in [0.1, 0.15) is 94.8 Å². The summed E-state index contributed by atoms with van der Waals surface area (Å²) in [6.07, 6.45) is 5.20. The number of benzene rings is 2. The topological polar surface area (TPSA) is 175 Å². The van der Waals surface area contributed by atoms with Crippen molar-refractivity contribution in [1.29, 1.82) is 0 Å². The van der Waals surface area contributed by atoms with Crippen molar-refractivity contribution in [2.24, 2.45) is 23.7 Å². The minimum absolute atomic E-state index is 0.0817. The summed E-state index contributed by atoms with van der Waals surface area (Å²) in [5.41, 5.74) is 8.32. The molecule has 9 rings (SSSR count). The van der Waals surface area contributed by atoms with Crippen molar-refractivity contribution >= 4 is 35.0 Å². The van der Waals surface area contributed by atoms with Gasteiger partial charge in [-0.25, -0.2) is 19.6 Å². The first-order valence-electron chi connectivity index (χ1n) is 20.5. The van der Waals surface area contributed by atoms with Crippen molar-refractivity contribution in [3.05, 3.63) is 59.3 Å². The number of hydrogen-bond acceptors (Lipinski definition) is 8. The number of alkyl carbamates (subject to hydrolysis) is 2. The Morgan fingerprint density at radius 1 is 0.719 bits per heavy atom. The molecule has 2 saturated carbocycles. The number of carbonyl (C=O) groups is 4. The summed E-state index contributed by atoms with van der Waals surface area (Å²) in [5, 5.41) is 5.53. The zero-order valence-corrected chi connectivity index (χ0v) is 33.4. The van der Waals surface area contributed by atoms with Crippen molar-refractivity contribution < 1.29 is 28.7 Å². The minimum Gasteiger partial charge on any atom is -0.453 e. The second-order valence-electron chi connectivity index (χ2n) is 17.4. The van der Waals surface area contributed by atoms with Crippen LogP contribution in [0.25, 0.3) is 33.4 Å². The molecule has 0 radical (unpaired) electrons. The highest BCUT2D eigenvalue weighted by molar-refractivity contribution is 5.89. The van der Waals surface area contributed by atoms with Gasteiger partial charge in [0.1, 0.15) is 23.7 Å². The molecular formula is C43H52N8O6. The fraction of sp³-hybridized carbons (Fsp3) is 0.535. The van der Waals surface area contributed by atoms with Crippen LogP contribution in [0, 0.1) is 23.7 Å². The number of imidazole rings is 2. The van der Waals surface area contributed by atoms with Crippen LogP contribution in [0.2, 0.25) is 0 Å². The lowest BCUT2D eigenvalue weighted by molar-refractivity contribution is -0.137. The number of aromatic amines is 2. The van der Waals surface area contributed by atoms with E-state index in [2.05, 4.69) is 50.9 Å². The van der Waals surface area contributed by atoms with Gasteiger partial charge >= 0.3 is 12.2 Å². The van der Waals surface area contributed by atoms with Gasteiger partial charge in [-0.1, -0.05) is 52.0 Å². The molecule has 2 aliphatic heterocycles. The summed E-state index contributed by atoms with van der Waals surface area (Å²) in [4.78, 5) is 73.5. The van der Waals surface area contributed by atoms with E-state index in [1.165, 1.54) is 19.8 Å². The van der Waals surface area contributed by atoms with Gasteiger partial charge in [-0.15, -0.1) is 0 Å². The Morgan fingerprint density at radius 2 is 1.28 bits per heavy atom. The van der Waals surface area contributed by atoms with Crippen LogP contribution in [0.3, 0.4) is 0 Å². The lowest BCUT2D eigenvalue weighted by atomic mass is 9.96. The molecule has 4 heterocycles. The molecule has 2 aromatic carbocycles. The Bertz CT molecular complexity index is 2260. The third kappa shape index (κ3) is 6.60. The zero-order chi connectivity index (χ0) is 39.9. The number of nitrogens with zero attached hydrogens (tertiary/aromatic N) is 4. The minimum atomic E-state index is -0.681. The summed E-state index contributed by atoms with van der Waals surface area (Å²) in [6.45, 7) is 7.73. The van der Waals surface area contributed by atoms with Crippen molar-refractivity contribution in [1.82, 2.24) is 40.4 Å². The first-order valence-corrected chi connectivity index (χ1v) is 20.5. The molecule has 0 bridgehead atoms. The van der Waals surface area contributed by atoms with E-state index in [4.69, 9.17) is 19.4 Å². The van der Waals surface area contributed by atoms with Gasteiger partial charge < -0.3 is 39.9 Å². The molecule has 4 aromatic rings. The molecule has 8 atom stereocenters. The average molecular weight is 777 g/mol. The van der Waals surface area contributed by atoms with Crippen molar-refractivity contribution in [3.63, 3.8) is 0 Å². The molecular weight excluding hydrogens is 725 g/mol. The number of amides is 4. The normalized spacial score (nSPS) is 25.3. The SMILES string of the molecule is COC(=O)N[C@@H](C(=O)N1[C@@H]2C[C@@H]2C[C@H]1c1nc2c([nH]1)CCCc1cc(-c3ccc4nc([C@@H]5C[C@H]6C[C@H]6N5C(=O)[C@H](NC(=O)OC)C(C)C)[nH]c4c3)ccc1-2)C(C)C. The summed E-state index contributed by atoms with van der Waals surface area (Å²) in [5.74, 6) is 2.10. The van der Waals surface area contributed by atoms with E-state index in [-0.39, 0.29) is 47.8 Å². The van der Waals surface area contributed by atoms with Gasteiger partial charge in [0, 0.05) is 23.3 Å².